The van der Waals surface area contributed by atoms with E-state index in [1.165, 1.54) is 5.56 Å². The van der Waals surface area contributed by atoms with Crippen molar-refractivity contribution in [1.82, 2.24) is 5.32 Å². The maximum absolute atomic E-state index is 11.8. The van der Waals surface area contributed by atoms with Gasteiger partial charge in [-0.25, -0.2) is 0 Å². The number of hydrogen-bond acceptors (Lipinski definition) is 2. The number of nitrogens with zero attached hydrogens (tertiary/aromatic N) is 1. The second-order valence-electron chi connectivity index (χ2n) is 5.42. The number of nitriles is 1. The first kappa shape index (κ1) is 15.2. The van der Waals surface area contributed by atoms with E-state index in [0.29, 0.717) is 18.9 Å². The Labute approximate surface area is 115 Å². The molecule has 0 bridgehead atoms. The number of rotatable bonds is 6. The van der Waals surface area contributed by atoms with E-state index in [4.69, 9.17) is 5.26 Å². The molecular weight excluding hydrogens is 236 g/mol. The average Bonchev–Trinajstić information content (AvgIpc) is 2.36. The van der Waals surface area contributed by atoms with E-state index in [1.54, 1.807) is 0 Å². The van der Waals surface area contributed by atoms with Crippen LogP contribution in [0.3, 0.4) is 0 Å². The van der Waals surface area contributed by atoms with Crippen molar-refractivity contribution in [2.75, 3.05) is 0 Å². The zero-order chi connectivity index (χ0) is 14.3. The molecule has 1 unspecified atom stereocenters. The summed E-state index contributed by atoms with van der Waals surface area (Å²) in [4.78, 5) is 11.8. The minimum absolute atomic E-state index is 0.0484. The summed E-state index contributed by atoms with van der Waals surface area (Å²) >= 11 is 0. The maximum atomic E-state index is 11.8. The Balaban J connectivity index is 2.39. The molecule has 3 nitrogen and oxygen atoms in total. The van der Waals surface area contributed by atoms with Crippen LogP contribution in [0.1, 0.15) is 37.8 Å². The van der Waals surface area contributed by atoms with E-state index in [1.807, 2.05) is 31.2 Å². The Kier molecular flexibility index (Phi) is 6.08. The number of amides is 1. The van der Waals surface area contributed by atoms with E-state index < -0.39 is 0 Å². The zero-order valence-corrected chi connectivity index (χ0v) is 11.9. The summed E-state index contributed by atoms with van der Waals surface area (Å²) in [7, 11) is 0. The van der Waals surface area contributed by atoms with Gasteiger partial charge < -0.3 is 5.32 Å². The van der Waals surface area contributed by atoms with E-state index in [2.05, 4.69) is 25.2 Å². The van der Waals surface area contributed by atoms with Crippen molar-refractivity contribution in [3.8, 4) is 6.07 Å². The van der Waals surface area contributed by atoms with Gasteiger partial charge in [-0.3, -0.25) is 4.79 Å². The number of aryl methyl sites for hydroxylation is 1. The summed E-state index contributed by atoms with van der Waals surface area (Å²) in [6.45, 7) is 6.69. The Bertz CT molecular complexity index is 443. The van der Waals surface area contributed by atoms with Gasteiger partial charge in [-0.2, -0.15) is 5.26 Å². The van der Waals surface area contributed by atoms with Gasteiger partial charge in [0, 0.05) is 13.0 Å². The van der Waals surface area contributed by atoms with E-state index in [-0.39, 0.29) is 11.8 Å². The monoisotopic (exact) mass is 258 g/mol. The third kappa shape index (κ3) is 6.05. The highest BCUT2D eigenvalue weighted by Crippen LogP contribution is 2.14. The summed E-state index contributed by atoms with van der Waals surface area (Å²) < 4.78 is 0. The fourth-order valence-electron chi connectivity index (χ4n) is 1.95. The molecule has 0 aliphatic rings. The number of carbonyl (C=O) groups excluding carboxylic acids is 1. The molecule has 0 radical (unpaired) electrons. The Morgan fingerprint density at radius 3 is 2.47 bits per heavy atom. The quantitative estimate of drug-likeness (QED) is 0.852. The molecule has 0 heterocycles. The maximum Gasteiger partial charge on any atom is 0.221 e. The summed E-state index contributed by atoms with van der Waals surface area (Å²) in [5.74, 6) is 0.209. The highest BCUT2D eigenvalue weighted by atomic mass is 16.1. The van der Waals surface area contributed by atoms with Gasteiger partial charge in [-0.05, 0) is 24.8 Å². The van der Waals surface area contributed by atoms with E-state index in [0.717, 1.165) is 12.0 Å². The van der Waals surface area contributed by atoms with Crippen molar-refractivity contribution in [3.05, 3.63) is 35.4 Å². The minimum atomic E-state index is -0.182. The zero-order valence-electron chi connectivity index (χ0n) is 11.9. The predicted molar refractivity (Wildman–Crippen MR) is 76.2 cm³/mol. The Morgan fingerprint density at radius 2 is 1.95 bits per heavy atom. The van der Waals surface area contributed by atoms with Gasteiger partial charge in [0.2, 0.25) is 5.91 Å². The predicted octanol–water partition coefficient (Wildman–Crippen LogP) is 3.19. The van der Waals surface area contributed by atoms with Gasteiger partial charge in [0.25, 0.3) is 0 Å². The molecule has 0 saturated carbocycles. The van der Waals surface area contributed by atoms with Crippen LogP contribution in [0.2, 0.25) is 0 Å². The lowest BCUT2D eigenvalue weighted by Crippen LogP contribution is -2.25. The van der Waals surface area contributed by atoms with Gasteiger partial charge in [-0.1, -0.05) is 43.7 Å². The smallest absolute Gasteiger partial charge is 0.221 e. The summed E-state index contributed by atoms with van der Waals surface area (Å²) in [5.41, 5.74) is 2.29. The molecule has 0 aromatic heterocycles. The molecule has 102 valence electrons. The minimum Gasteiger partial charge on any atom is -0.352 e. The lowest BCUT2D eigenvalue weighted by Gasteiger charge is -2.11. The molecule has 1 rings (SSSR count). The summed E-state index contributed by atoms with van der Waals surface area (Å²) in [6.07, 6.45) is 1.06. The highest BCUT2D eigenvalue weighted by Gasteiger charge is 2.14. The Hall–Kier alpha value is -1.82. The van der Waals surface area contributed by atoms with Crippen molar-refractivity contribution in [1.29, 1.82) is 5.26 Å². The summed E-state index contributed by atoms with van der Waals surface area (Å²) in [5, 5.41) is 11.9. The van der Waals surface area contributed by atoms with Crippen LogP contribution in [0.4, 0.5) is 0 Å². The first-order valence-corrected chi connectivity index (χ1v) is 6.73. The normalized spacial score (nSPS) is 11.9. The van der Waals surface area contributed by atoms with Crippen LogP contribution >= 0.6 is 0 Å². The first-order chi connectivity index (χ1) is 9.01. The van der Waals surface area contributed by atoms with Gasteiger partial charge in [0.05, 0.1) is 12.0 Å². The third-order valence-corrected chi connectivity index (χ3v) is 2.98. The number of carbonyl (C=O) groups is 1. The van der Waals surface area contributed by atoms with Crippen LogP contribution in [-0.4, -0.2) is 5.91 Å². The van der Waals surface area contributed by atoms with Crippen LogP contribution in [0, 0.1) is 30.1 Å². The Morgan fingerprint density at radius 1 is 1.32 bits per heavy atom. The molecule has 1 N–H and O–H groups in total. The molecule has 0 aliphatic carbocycles. The second kappa shape index (κ2) is 7.58. The van der Waals surface area contributed by atoms with Crippen molar-refractivity contribution in [2.24, 2.45) is 11.8 Å². The molecule has 1 atom stereocenters. The van der Waals surface area contributed by atoms with Crippen molar-refractivity contribution < 1.29 is 4.79 Å². The lowest BCUT2D eigenvalue weighted by atomic mass is 9.95. The third-order valence-electron chi connectivity index (χ3n) is 2.98. The number of hydrogen-bond donors (Lipinski definition) is 1. The molecule has 1 amide bonds. The highest BCUT2D eigenvalue weighted by molar-refractivity contribution is 5.76. The van der Waals surface area contributed by atoms with Gasteiger partial charge in [0.1, 0.15) is 0 Å². The SMILES string of the molecule is Cc1ccc(CNC(=O)CC(C#N)CC(C)C)cc1. The van der Waals surface area contributed by atoms with Crippen molar-refractivity contribution in [2.45, 2.75) is 40.2 Å². The fraction of sp³-hybridized carbons (Fsp3) is 0.500. The lowest BCUT2D eigenvalue weighted by molar-refractivity contribution is -0.121. The van der Waals surface area contributed by atoms with Gasteiger partial charge in [0.15, 0.2) is 0 Å². The van der Waals surface area contributed by atoms with Crippen molar-refractivity contribution >= 4 is 5.91 Å². The molecule has 0 aliphatic heterocycles. The topological polar surface area (TPSA) is 52.9 Å². The number of benzene rings is 1. The molecule has 1 aromatic carbocycles. The second-order valence-corrected chi connectivity index (χ2v) is 5.42. The molecule has 19 heavy (non-hydrogen) atoms. The largest absolute Gasteiger partial charge is 0.352 e. The summed E-state index contributed by atoms with van der Waals surface area (Å²) in [6, 6.07) is 10.3. The standard InChI is InChI=1S/C16H22N2O/c1-12(2)8-15(10-17)9-16(19)18-11-14-6-4-13(3)5-7-14/h4-7,12,15H,8-9,11H2,1-3H3,(H,18,19). The van der Waals surface area contributed by atoms with Crippen LogP contribution in [-0.2, 0) is 11.3 Å². The molecular formula is C16H22N2O. The molecule has 3 heteroatoms. The van der Waals surface area contributed by atoms with Gasteiger partial charge >= 0.3 is 0 Å². The van der Waals surface area contributed by atoms with Crippen molar-refractivity contribution in [3.63, 3.8) is 0 Å². The molecule has 0 saturated heterocycles. The fourth-order valence-corrected chi connectivity index (χ4v) is 1.95. The number of nitrogens with one attached hydrogen (secondary N) is 1. The van der Waals surface area contributed by atoms with Crippen LogP contribution in [0.25, 0.3) is 0 Å². The van der Waals surface area contributed by atoms with Crippen LogP contribution in [0.5, 0.6) is 0 Å². The molecule has 1 aromatic rings. The molecule has 0 spiro atoms. The van der Waals surface area contributed by atoms with Crippen LogP contribution < -0.4 is 5.32 Å². The van der Waals surface area contributed by atoms with E-state index in [9.17, 15) is 4.79 Å². The van der Waals surface area contributed by atoms with Gasteiger partial charge in [-0.15, -0.1) is 0 Å². The van der Waals surface area contributed by atoms with Crippen LogP contribution in [0.15, 0.2) is 24.3 Å². The van der Waals surface area contributed by atoms with E-state index >= 15 is 0 Å². The average molecular weight is 258 g/mol. The molecule has 0 fully saturated rings. The first-order valence-electron chi connectivity index (χ1n) is 6.73.